The summed E-state index contributed by atoms with van der Waals surface area (Å²) in [7, 11) is -4.61. The van der Waals surface area contributed by atoms with Gasteiger partial charge in [-0.25, -0.2) is 4.39 Å². The van der Waals surface area contributed by atoms with Crippen LogP contribution in [-0.2, 0) is 13.7 Å². The van der Waals surface area contributed by atoms with Crippen LogP contribution in [0.25, 0.3) is 0 Å². The molecule has 0 aliphatic rings. The molecular formula is C38H47BrFNO3Si2. The molecule has 4 aromatic carbocycles. The van der Waals surface area contributed by atoms with Crippen LogP contribution in [0, 0.1) is 0 Å². The van der Waals surface area contributed by atoms with Crippen LogP contribution in [0.5, 0.6) is 0 Å². The zero-order valence-corrected chi connectivity index (χ0v) is 31.6. The van der Waals surface area contributed by atoms with E-state index in [0.29, 0.717) is 0 Å². The summed E-state index contributed by atoms with van der Waals surface area (Å²) < 4.78 is 31.2. The van der Waals surface area contributed by atoms with Crippen LogP contribution in [-0.4, -0.2) is 53.7 Å². The summed E-state index contributed by atoms with van der Waals surface area (Å²) in [6.45, 7) is 13.5. The maximum absolute atomic E-state index is 16.5. The number of halogens is 2. The monoisotopic (exact) mass is 719 g/mol. The van der Waals surface area contributed by atoms with Crippen LogP contribution in [0.2, 0.25) is 10.1 Å². The molecule has 4 rings (SSSR count). The van der Waals surface area contributed by atoms with Gasteiger partial charge in [0.2, 0.25) is 0 Å². The van der Waals surface area contributed by atoms with E-state index in [4.69, 9.17) is 13.7 Å². The molecule has 0 amide bonds. The van der Waals surface area contributed by atoms with E-state index in [2.05, 4.69) is 135 Å². The van der Waals surface area contributed by atoms with Crippen LogP contribution in [0.1, 0.15) is 41.5 Å². The third-order valence-corrected chi connectivity index (χ3v) is 19.4. The molecule has 0 saturated carbocycles. The fraction of sp³-hybridized carbons (Fsp3) is 0.342. The Labute approximate surface area is 285 Å². The second-order valence-electron chi connectivity index (χ2n) is 13.6. The Hall–Kier alpha value is -2.89. The predicted octanol–water partition coefficient (Wildman–Crippen LogP) is 7.24. The highest BCUT2D eigenvalue weighted by Gasteiger charge is 2.54. The summed E-state index contributed by atoms with van der Waals surface area (Å²) in [5.74, 6) is 0. The Kier molecular flexibility index (Phi) is 12.0. The molecule has 46 heavy (non-hydrogen) atoms. The zero-order valence-electron chi connectivity index (χ0n) is 28.0. The molecule has 0 aromatic heterocycles. The highest BCUT2D eigenvalue weighted by molar-refractivity contribution is 9.09. The van der Waals surface area contributed by atoms with Gasteiger partial charge in [-0.3, -0.25) is 0 Å². The van der Waals surface area contributed by atoms with Crippen LogP contribution in [0.3, 0.4) is 0 Å². The number of benzene rings is 4. The molecule has 4 aromatic rings. The lowest BCUT2D eigenvalue weighted by Gasteiger charge is -2.47. The first kappa shape index (κ1) is 36.0. The highest BCUT2D eigenvalue weighted by Crippen LogP contribution is 2.40. The predicted molar refractivity (Wildman–Crippen MR) is 199 cm³/mol. The quantitative estimate of drug-likeness (QED) is 0.0633. The first-order chi connectivity index (χ1) is 21.9. The van der Waals surface area contributed by atoms with Crippen LogP contribution >= 0.6 is 15.9 Å². The van der Waals surface area contributed by atoms with E-state index in [9.17, 15) is 0 Å². The van der Waals surface area contributed by atoms with Crippen molar-refractivity contribution in [2.45, 2.75) is 68.7 Å². The standard InChI is InChI=1S/C38H47BrFNO3Si2/c1-37(2,3)45(30-20-12-8-13-21-30,31-22-14-9-15-23-31)43-29-34(39)36(35(40)28-41-42-7)44-46(38(4,5)6,32-24-16-10-17-25-32)33-26-18-11-19-27-33/h8-28,34-36H,29H2,1-7H3/t34-,35-,36+/m0/s1. The van der Waals surface area contributed by atoms with Gasteiger partial charge in [-0.15, -0.1) is 0 Å². The molecule has 0 heterocycles. The molecule has 0 fully saturated rings. The number of oxime groups is 1. The van der Waals surface area contributed by atoms with Crippen molar-refractivity contribution in [1.82, 2.24) is 0 Å². The summed E-state index contributed by atoms with van der Waals surface area (Å²) in [6, 6.07) is 41.5. The number of hydrogen-bond acceptors (Lipinski definition) is 4. The minimum Gasteiger partial charge on any atom is -0.406 e. The Morgan fingerprint density at radius 3 is 1.33 bits per heavy atom. The molecule has 0 aliphatic carbocycles. The lowest BCUT2D eigenvalue weighted by atomic mass is 10.2. The van der Waals surface area contributed by atoms with Crippen molar-refractivity contribution >= 4 is 59.5 Å². The molecule has 0 spiro atoms. The second kappa shape index (κ2) is 15.3. The smallest absolute Gasteiger partial charge is 0.261 e. The van der Waals surface area contributed by atoms with Gasteiger partial charge in [-0.05, 0) is 30.8 Å². The first-order valence-corrected chi connectivity index (χ1v) is 20.5. The molecule has 8 heteroatoms. The topological polar surface area (TPSA) is 40.0 Å². The van der Waals surface area contributed by atoms with Gasteiger partial charge in [-0.1, -0.05) is 184 Å². The van der Waals surface area contributed by atoms with Crippen molar-refractivity contribution in [1.29, 1.82) is 0 Å². The maximum atomic E-state index is 16.5. The number of rotatable bonds is 13. The van der Waals surface area contributed by atoms with E-state index in [0.717, 1.165) is 20.7 Å². The van der Waals surface area contributed by atoms with E-state index in [-0.39, 0.29) is 16.7 Å². The highest BCUT2D eigenvalue weighted by atomic mass is 79.9. The van der Waals surface area contributed by atoms with Crippen LogP contribution < -0.4 is 20.7 Å². The van der Waals surface area contributed by atoms with Gasteiger partial charge in [-0.2, -0.15) is 0 Å². The summed E-state index contributed by atoms with van der Waals surface area (Å²) in [4.78, 5) is 4.41. The molecular weight excluding hydrogens is 673 g/mol. The Morgan fingerprint density at radius 1 is 0.652 bits per heavy atom. The minimum absolute atomic E-state index is 0.220. The Bertz CT molecular complexity index is 1440. The van der Waals surface area contributed by atoms with Gasteiger partial charge in [0, 0.05) is 6.61 Å². The number of nitrogens with zero attached hydrogens (tertiary/aromatic N) is 1. The van der Waals surface area contributed by atoms with Crippen LogP contribution in [0.15, 0.2) is 126 Å². The van der Waals surface area contributed by atoms with Crippen molar-refractivity contribution in [2.24, 2.45) is 5.16 Å². The van der Waals surface area contributed by atoms with Gasteiger partial charge in [0.15, 0.2) is 6.17 Å². The molecule has 244 valence electrons. The minimum atomic E-state index is -3.13. The molecule has 0 aliphatic heterocycles. The SMILES string of the molecule is CON=C[C@H](F)[C@H](O[Si](c1ccccc1)(c1ccccc1)C(C)(C)C)[C@@H](Br)CO[Si](c1ccccc1)(c1ccccc1)C(C)(C)C. The lowest BCUT2D eigenvalue weighted by molar-refractivity contribution is 0.106. The molecule has 0 unspecified atom stereocenters. The number of alkyl halides is 2. The zero-order chi connectivity index (χ0) is 33.4. The van der Waals surface area contributed by atoms with Crippen molar-refractivity contribution in [2.75, 3.05) is 13.7 Å². The van der Waals surface area contributed by atoms with Crippen LogP contribution in [0.4, 0.5) is 4.39 Å². The van der Waals surface area contributed by atoms with Gasteiger partial charge in [0.1, 0.15) is 7.11 Å². The van der Waals surface area contributed by atoms with Crippen molar-refractivity contribution < 1.29 is 18.1 Å². The summed E-state index contributed by atoms with van der Waals surface area (Å²) in [6.07, 6.45) is -1.32. The maximum Gasteiger partial charge on any atom is 0.261 e. The molecule has 0 N–H and O–H groups in total. The van der Waals surface area contributed by atoms with Gasteiger partial charge in [0.05, 0.1) is 17.1 Å². The summed E-state index contributed by atoms with van der Waals surface area (Å²) in [5.41, 5.74) is 0. The first-order valence-electron chi connectivity index (χ1n) is 15.8. The molecule has 3 atom stereocenters. The molecule has 4 nitrogen and oxygen atoms in total. The van der Waals surface area contributed by atoms with E-state index in [1.807, 2.05) is 48.5 Å². The average Bonchev–Trinajstić information content (AvgIpc) is 3.05. The van der Waals surface area contributed by atoms with E-state index < -0.39 is 33.7 Å². The van der Waals surface area contributed by atoms with E-state index in [1.165, 1.54) is 13.3 Å². The molecule has 0 bridgehead atoms. The second-order valence-corrected chi connectivity index (χ2v) is 23.4. The average molecular weight is 721 g/mol. The lowest BCUT2D eigenvalue weighted by Crippen LogP contribution is -2.70. The third kappa shape index (κ3) is 7.47. The molecule has 0 saturated heterocycles. The van der Waals surface area contributed by atoms with E-state index in [1.54, 1.807) is 0 Å². The van der Waals surface area contributed by atoms with Gasteiger partial charge in [0.25, 0.3) is 16.6 Å². The fourth-order valence-corrected chi connectivity index (χ4v) is 16.8. The molecule has 0 radical (unpaired) electrons. The summed E-state index contributed by atoms with van der Waals surface area (Å²) in [5, 5.41) is 7.72. The largest absolute Gasteiger partial charge is 0.406 e. The third-order valence-electron chi connectivity index (χ3n) is 8.58. The van der Waals surface area contributed by atoms with Gasteiger partial charge >= 0.3 is 0 Å². The van der Waals surface area contributed by atoms with Gasteiger partial charge < -0.3 is 13.7 Å². The van der Waals surface area contributed by atoms with Crippen molar-refractivity contribution in [3.63, 3.8) is 0 Å². The van der Waals surface area contributed by atoms with Crippen molar-refractivity contribution in [3.8, 4) is 0 Å². The Morgan fingerprint density at radius 2 is 1.00 bits per heavy atom. The van der Waals surface area contributed by atoms with Crippen molar-refractivity contribution in [3.05, 3.63) is 121 Å². The Balaban J connectivity index is 1.85. The fourth-order valence-electron chi connectivity index (χ4n) is 6.50. The number of hydrogen-bond donors (Lipinski definition) is 0. The summed E-state index contributed by atoms with van der Waals surface area (Å²) >= 11 is 3.92. The normalized spacial score (nSPS) is 15.0. The van der Waals surface area contributed by atoms with E-state index >= 15 is 4.39 Å².